The van der Waals surface area contributed by atoms with Crippen molar-refractivity contribution in [3.05, 3.63) is 28.0 Å². The lowest BCUT2D eigenvalue weighted by molar-refractivity contribution is 0.0240. The third-order valence-electron chi connectivity index (χ3n) is 3.71. The predicted octanol–water partition coefficient (Wildman–Crippen LogP) is 3.43. The van der Waals surface area contributed by atoms with E-state index in [0.29, 0.717) is 36.3 Å². The maximum Gasteiger partial charge on any atom is 0.410 e. The second kappa shape index (κ2) is 7.59. The van der Waals surface area contributed by atoms with E-state index in [9.17, 15) is 14.0 Å². The summed E-state index contributed by atoms with van der Waals surface area (Å²) < 4.78 is 24.9. The van der Waals surface area contributed by atoms with Crippen LogP contribution < -0.4 is 4.90 Å². The monoisotopic (exact) mass is 416 g/mol. The van der Waals surface area contributed by atoms with Crippen LogP contribution in [0.15, 0.2) is 16.6 Å². The zero-order valence-corrected chi connectivity index (χ0v) is 16.4. The van der Waals surface area contributed by atoms with E-state index in [-0.39, 0.29) is 11.7 Å². The molecule has 0 radical (unpaired) electrons. The smallest absolute Gasteiger partial charge is 0.410 e. The number of carbonyl (C=O) groups excluding carboxylic acids is 2. The molecule has 2 rings (SSSR count). The predicted molar refractivity (Wildman–Crippen MR) is 95.5 cm³/mol. The van der Waals surface area contributed by atoms with Gasteiger partial charge in [-0.15, -0.1) is 0 Å². The van der Waals surface area contributed by atoms with Gasteiger partial charge in [-0.2, -0.15) is 0 Å². The molecule has 1 heterocycles. The summed E-state index contributed by atoms with van der Waals surface area (Å²) in [7, 11) is 1.25. The van der Waals surface area contributed by atoms with Crippen LogP contribution in [0.1, 0.15) is 31.1 Å². The van der Waals surface area contributed by atoms with E-state index in [2.05, 4.69) is 20.7 Å². The van der Waals surface area contributed by atoms with Crippen molar-refractivity contribution in [2.75, 3.05) is 38.2 Å². The molecule has 6 nitrogen and oxygen atoms in total. The van der Waals surface area contributed by atoms with Gasteiger partial charge < -0.3 is 19.3 Å². The Kier molecular flexibility index (Phi) is 5.92. The Labute approximate surface area is 155 Å². The summed E-state index contributed by atoms with van der Waals surface area (Å²) in [6.45, 7) is 7.26. The molecule has 0 N–H and O–H groups in total. The number of hydrogen-bond acceptors (Lipinski definition) is 5. The van der Waals surface area contributed by atoms with Crippen molar-refractivity contribution in [2.45, 2.75) is 26.4 Å². The molecule has 1 aromatic carbocycles. The highest BCUT2D eigenvalue weighted by Gasteiger charge is 2.27. The number of amides is 1. The molecule has 1 aliphatic rings. The summed E-state index contributed by atoms with van der Waals surface area (Å²) in [6, 6.07) is 2.72. The topological polar surface area (TPSA) is 59.1 Å². The molecule has 8 heteroatoms. The van der Waals surface area contributed by atoms with Crippen molar-refractivity contribution in [3.63, 3.8) is 0 Å². The zero-order chi connectivity index (χ0) is 18.8. The summed E-state index contributed by atoms with van der Waals surface area (Å²) >= 11 is 3.28. The number of carbonyl (C=O) groups is 2. The first kappa shape index (κ1) is 19.5. The van der Waals surface area contributed by atoms with Crippen LogP contribution in [-0.4, -0.2) is 55.9 Å². The lowest BCUT2D eigenvalue weighted by Crippen LogP contribution is -2.50. The van der Waals surface area contributed by atoms with E-state index in [4.69, 9.17) is 4.74 Å². The van der Waals surface area contributed by atoms with Gasteiger partial charge in [-0.1, -0.05) is 0 Å². The standard InChI is InChI=1S/C17H22BrFN2O4/c1-17(2,3)25-16(23)21-7-5-20(6-8-21)14-10-12(18)11(9-13(14)19)15(22)24-4/h9-10H,5-8H2,1-4H3. The molecule has 0 aliphatic carbocycles. The molecule has 1 aliphatic heterocycles. The van der Waals surface area contributed by atoms with Crippen molar-refractivity contribution in [3.8, 4) is 0 Å². The SMILES string of the molecule is COC(=O)c1cc(F)c(N2CCN(C(=O)OC(C)(C)C)CC2)cc1Br. The van der Waals surface area contributed by atoms with Crippen molar-refractivity contribution < 1.29 is 23.5 Å². The normalized spacial score (nSPS) is 15.1. The molecule has 1 aromatic rings. The van der Waals surface area contributed by atoms with Gasteiger partial charge in [0.05, 0.1) is 18.4 Å². The Morgan fingerprint density at radius 2 is 1.76 bits per heavy atom. The maximum atomic E-state index is 14.4. The van der Waals surface area contributed by atoms with E-state index in [1.807, 2.05) is 25.7 Å². The van der Waals surface area contributed by atoms with Crippen LogP contribution in [0.5, 0.6) is 0 Å². The van der Waals surface area contributed by atoms with Gasteiger partial charge in [0, 0.05) is 30.7 Å². The number of halogens is 2. The molecular formula is C17H22BrFN2O4. The van der Waals surface area contributed by atoms with Crippen molar-refractivity contribution >= 4 is 33.7 Å². The minimum atomic E-state index is -0.605. The fourth-order valence-corrected chi connectivity index (χ4v) is 2.99. The van der Waals surface area contributed by atoms with E-state index >= 15 is 0 Å². The minimum Gasteiger partial charge on any atom is -0.465 e. The first-order valence-electron chi connectivity index (χ1n) is 7.92. The fraction of sp³-hybridized carbons (Fsp3) is 0.529. The average molecular weight is 417 g/mol. The molecule has 0 bridgehead atoms. The third kappa shape index (κ3) is 4.84. The molecule has 1 amide bonds. The van der Waals surface area contributed by atoms with Gasteiger partial charge in [-0.25, -0.2) is 14.0 Å². The number of rotatable bonds is 2. The molecule has 0 unspecified atom stereocenters. The van der Waals surface area contributed by atoms with E-state index in [0.717, 1.165) is 6.07 Å². The number of hydrogen-bond donors (Lipinski definition) is 0. The van der Waals surface area contributed by atoms with Gasteiger partial charge in [0.1, 0.15) is 11.4 Å². The highest BCUT2D eigenvalue weighted by Crippen LogP contribution is 2.29. The Morgan fingerprint density at radius 3 is 2.28 bits per heavy atom. The average Bonchev–Trinajstić information content (AvgIpc) is 2.54. The van der Waals surface area contributed by atoms with Gasteiger partial charge in [-0.05, 0) is 48.8 Å². The van der Waals surface area contributed by atoms with Crippen molar-refractivity contribution in [2.24, 2.45) is 0 Å². The van der Waals surface area contributed by atoms with Gasteiger partial charge in [0.25, 0.3) is 0 Å². The summed E-state index contributed by atoms with van der Waals surface area (Å²) in [6.07, 6.45) is -0.366. The number of nitrogens with zero attached hydrogens (tertiary/aromatic N) is 2. The van der Waals surface area contributed by atoms with Gasteiger partial charge in [-0.3, -0.25) is 0 Å². The highest BCUT2D eigenvalue weighted by atomic mass is 79.9. The van der Waals surface area contributed by atoms with Crippen LogP contribution in [0.3, 0.4) is 0 Å². The summed E-state index contributed by atoms with van der Waals surface area (Å²) in [5, 5.41) is 0. The molecule has 0 spiro atoms. The Balaban J connectivity index is 2.07. The number of benzene rings is 1. The Morgan fingerprint density at radius 1 is 1.16 bits per heavy atom. The van der Waals surface area contributed by atoms with Crippen LogP contribution >= 0.6 is 15.9 Å². The first-order valence-corrected chi connectivity index (χ1v) is 8.72. The molecular weight excluding hydrogens is 395 g/mol. The number of anilines is 1. The van der Waals surface area contributed by atoms with Crippen LogP contribution in [0.25, 0.3) is 0 Å². The Hall–Kier alpha value is -1.83. The summed E-state index contributed by atoms with van der Waals surface area (Å²) in [4.78, 5) is 27.1. The molecule has 1 saturated heterocycles. The number of esters is 1. The van der Waals surface area contributed by atoms with Crippen LogP contribution in [0, 0.1) is 5.82 Å². The second-order valence-electron chi connectivity index (χ2n) is 6.73. The lowest BCUT2D eigenvalue weighted by atomic mass is 10.1. The van der Waals surface area contributed by atoms with Gasteiger partial charge in [0.15, 0.2) is 0 Å². The second-order valence-corrected chi connectivity index (χ2v) is 7.58. The van der Waals surface area contributed by atoms with Crippen molar-refractivity contribution in [1.82, 2.24) is 4.90 Å². The first-order chi connectivity index (χ1) is 11.6. The van der Waals surface area contributed by atoms with Gasteiger partial charge in [0.2, 0.25) is 0 Å². The number of piperazine rings is 1. The molecule has 0 atom stereocenters. The van der Waals surface area contributed by atoms with Crippen molar-refractivity contribution in [1.29, 1.82) is 0 Å². The van der Waals surface area contributed by atoms with E-state index in [1.54, 1.807) is 11.0 Å². The molecule has 0 saturated carbocycles. The largest absolute Gasteiger partial charge is 0.465 e. The van der Waals surface area contributed by atoms with E-state index < -0.39 is 17.4 Å². The van der Waals surface area contributed by atoms with Crippen LogP contribution in [0.2, 0.25) is 0 Å². The van der Waals surface area contributed by atoms with Crippen LogP contribution in [0.4, 0.5) is 14.9 Å². The quantitative estimate of drug-likeness (QED) is 0.691. The van der Waals surface area contributed by atoms with Crippen LogP contribution in [-0.2, 0) is 9.47 Å². The van der Waals surface area contributed by atoms with E-state index in [1.165, 1.54) is 7.11 Å². The van der Waals surface area contributed by atoms with Gasteiger partial charge >= 0.3 is 12.1 Å². The Bertz CT molecular complexity index is 667. The lowest BCUT2D eigenvalue weighted by Gasteiger charge is -2.37. The molecule has 138 valence electrons. The number of methoxy groups -OCH3 is 1. The molecule has 25 heavy (non-hydrogen) atoms. The third-order valence-corrected chi connectivity index (χ3v) is 4.37. The molecule has 0 aromatic heterocycles. The summed E-state index contributed by atoms with van der Waals surface area (Å²) in [5.74, 6) is -1.11. The number of ether oxygens (including phenoxy) is 2. The molecule has 1 fully saturated rings. The maximum absolute atomic E-state index is 14.4. The summed E-state index contributed by atoms with van der Waals surface area (Å²) in [5.41, 5.74) is -0.0333. The minimum absolute atomic E-state index is 0.135. The highest BCUT2D eigenvalue weighted by molar-refractivity contribution is 9.10. The zero-order valence-electron chi connectivity index (χ0n) is 14.8. The fourth-order valence-electron chi connectivity index (χ4n) is 2.50.